The molecule has 1 N–H and O–H groups in total. The van der Waals surface area contributed by atoms with E-state index in [1.165, 1.54) is 11.8 Å². The number of amides is 2. The number of anilines is 2. The van der Waals surface area contributed by atoms with Crippen molar-refractivity contribution in [1.82, 2.24) is 0 Å². The van der Waals surface area contributed by atoms with Crippen LogP contribution in [-0.2, 0) is 14.3 Å². The number of unbranched alkanes of at least 4 members (excludes halogenated alkanes) is 1. The summed E-state index contributed by atoms with van der Waals surface area (Å²) in [6, 6.07) is 21.7. The summed E-state index contributed by atoms with van der Waals surface area (Å²) in [7, 11) is 0. The highest BCUT2D eigenvalue weighted by molar-refractivity contribution is 8.04. The zero-order valence-electron chi connectivity index (χ0n) is 20.5. The minimum absolute atomic E-state index is 0.227. The molecule has 6 nitrogen and oxygen atoms in total. The van der Waals surface area contributed by atoms with Gasteiger partial charge in [-0.2, -0.15) is 0 Å². The van der Waals surface area contributed by atoms with E-state index in [9.17, 15) is 14.4 Å². The fraction of sp³-hybridized carbons (Fsp3) is 0.207. The Morgan fingerprint density at radius 3 is 2.36 bits per heavy atom. The van der Waals surface area contributed by atoms with Gasteiger partial charge in [0, 0.05) is 10.6 Å². The Morgan fingerprint density at radius 2 is 1.67 bits per heavy atom. The minimum Gasteiger partial charge on any atom is -0.462 e. The standard InChI is InChI=1S/C29H28N2O4S/c1-4-5-17-35-29(34)21-13-15-22(16-14-21)31-27(32)25(30-24-18-19(2)11-12-20(24)3)26(28(31)33)36-23-9-7-6-8-10-23/h6-16,18,30H,4-5,17H2,1-3H3. The average Bonchev–Trinajstić information content (AvgIpc) is 3.11. The van der Waals surface area contributed by atoms with E-state index in [-0.39, 0.29) is 5.70 Å². The second kappa shape index (κ2) is 11.3. The van der Waals surface area contributed by atoms with Crippen LogP contribution in [0.5, 0.6) is 0 Å². The molecular weight excluding hydrogens is 472 g/mol. The molecule has 0 saturated carbocycles. The smallest absolute Gasteiger partial charge is 0.338 e. The number of thioether (sulfide) groups is 1. The molecule has 1 aliphatic rings. The number of ether oxygens (including phenoxy) is 1. The topological polar surface area (TPSA) is 75.7 Å². The average molecular weight is 501 g/mol. The Kier molecular flexibility index (Phi) is 7.90. The first-order valence-electron chi connectivity index (χ1n) is 11.9. The van der Waals surface area contributed by atoms with Gasteiger partial charge in [-0.1, -0.05) is 55.4 Å². The maximum absolute atomic E-state index is 13.6. The van der Waals surface area contributed by atoms with Crippen LogP contribution in [0.15, 0.2) is 88.3 Å². The Balaban J connectivity index is 1.64. The number of hydrogen-bond acceptors (Lipinski definition) is 6. The van der Waals surface area contributed by atoms with Gasteiger partial charge < -0.3 is 10.1 Å². The lowest BCUT2D eigenvalue weighted by molar-refractivity contribution is -0.120. The van der Waals surface area contributed by atoms with Crippen LogP contribution < -0.4 is 10.2 Å². The third-order valence-electron chi connectivity index (χ3n) is 5.75. The molecule has 0 spiro atoms. The lowest BCUT2D eigenvalue weighted by atomic mass is 10.1. The minimum atomic E-state index is -0.447. The number of aryl methyl sites for hydroxylation is 2. The van der Waals surface area contributed by atoms with Crippen LogP contribution in [-0.4, -0.2) is 24.4 Å². The SMILES string of the molecule is CCCCOC(=O)c1ccc(N2C(=O)C(Nc3cc(C)ccc3C)=C(Sc3ccccc3)C2=O)cc1. The number of nitrogens with zero attached hydrogens (tertiary/aromatic N) is 1. The Morgan fingerprint density at radius 1 is 0.944 bits per heavy atom. The highest BCUT2D eigenvalue weighted by Gasteiger charge is 2.40. The fourth-order valence-electron chi connectivity index (χ4n) is 3.70. The van der Waals surface area contributed by atoms with Gasteiger partial charge in [-0.05, 0) is 73.9 Å². The van der Waals surface area contributed by atoms with Crippen molar-refractivity contribution in [2.45, 2.75) is 38.5 Å². The number of rotatable bonds is 9. The van der Waals surface area contributed by atoms with Crippen LogP contribution in [0.25, 0.3) is 0 Å². The van der Waals surface area contributed by atoms with Crippen LogP contribution in [0.2, 0.25) is 0 Å². The monoisotopic (exact) mass is 500 g/mol. The zero-order chi connectivity index (χ0) is 25.7. The summed E-state index contributed by atoms with van der Waals surface area (Å²) < 4.78 is 5.26. The molecule has 3 aromatic rings. The molecule has 0 radical (unpaired) electrons. The van der Waals surface area contributed by atoms with Crippen molar-refractivity contribution in [3.8, 4) is 0 Å². The van der Waals surface area contributed by atoms with E-state index in [4.69, 9.17) is 4.74 Å². The quantitative estimate of drug-likeness (QED) is 0.213. The second-order valence-corrected chi connectivity index (χ2v) is 9.63. The first kappa shape index (κ1) is 25.3. The summed E-state index contributed by atoms with van der Waals surface area (Å²) in [5.74, 6) is -1.29. The van der Waals surface area contributed by atoms with E-state index >= 15 is 0 Å². The number of nitrogens with one attached hydrogen (secondary N) is 1. The summed E-state index contributed by atoms with van der Waals surface area (Å²) in [4.78, 5) is 41.7. The Labute approximate surface area is 215 Å². The predicted octanol–water partition coefficient (Wildman–Crippen LogP) is 6.25. The van der Waals surface area contributed by atoms with Crippen molar-refractivity contribution < 1.29 is 19.1 Å². The number of imide groups is 1. The highest BCUT2D eigenvalue weighted by atomic mass is 32.2. The van der Waals surface area contributed by atoms with E-state index in [0.717, 1.165) is 39.5 Å². The second-order valence-electron chi connectivity index (χ2n) is 8.54. The van der Waals surface area contributed by atoms with E-state index in [1.54, 1.807) is 24.3 Å². The summed E-state index contributed by atoms with van der Waals surface area (Å²) in [5, 5.41) is 3.23. The maximum atomic E-state index is 13.6. The first-order chi connectivity index (χ1) is 17.4. The summed E-state index contributed by atoms with van der Waals surface area (Å²) >= 11 is 1.25. The number of benzene rings is 3. The van der Waals surface area contributed by atoms with E-state index in [2.05, 4.69) is 5.32 Å². The molecular formula is C29H28N2O4S. The van der Waals surface area contributed by atoms with Crippen molar-refractivity contribution in [3.05, 3.63) is 100 Å². The van der Waals surface area contributed by atoms with Crippen LogP contribution in [0.4, 0.5) is 11.4 Å². The molecule has 3 aromatic carbocycles. The normalized spacial score (nSPS) is 13.4. The van der Waals surface area contributed by atoms with E-state index < -0.39 is 17.8 Å². The lowest BCUT2D eigenvalue weighted by Gasteiger charge is -2.16. The van der Waals surface area contributed by atoms with Gasteiger partial charge >= 0.3 is 5.97 Å². The maximum Gasteiger partial charge on any atom is 0.338 e. The number of carbonyl (C=O) groups excluding carboxylic acids is 3. The molecule has 184 valence electrons. The van der Waals surface area contributed by atoms with Crippen LogP contribution in [0.1, 0.15) is 41.3 Å². The van der Waals surface area contributed by atoms with E-state index in [1.807, 2.05) is 69.3 Å². The summed E-state index contributed by atoms with van der Waals surface area (Å²) in [6.45, 7) is 6.30. The Bertz CT molecular complexity index is 1320. The van der Waals surface area contributed by atoms with Gasteiger partial charge in [-0.15, -0.1) is 0 Å². The van der Waals surface area contributed by atoms with Gasteiger partial charge in [0.15, 0.2) is 0 Å². The molecule has 4 rings (SSSR count). The largest absolute Gasteiger partial charge is 0.462 e. The summed E-state index contributed by atoms with van der Waals surface area (Å²) in [6.07, 6.45) is 1.73. The first-order valence-corrected chi connectivity index (χ1v) is 12.7. The van der Waals surface area contributed by atoms with E-state index in [0.29, 0.717) is 22.8 Å². The van der Waals surface area contributed by atoms with Crippen LogP contribution in [0, 0.1) is 13.8 Å². The third-order valence-corrected chi connectivity index (χ3v) is 6.84. The number of carbonyl (C=O) groups is 3. The third kappa shape index (κ3) is 5.52. The highest BCUT2D eigenvalue weighted by Crippen LogP contribution is 2.38. The Hall–Kier alpha value is -3.84. The molecule has 1 heterocycles. The molecule has 36 heavy (non-hydrogen) atoms. The van der Waals surface area contributed by atoms with Gasteiger partial charge in [0.1, 0.15) is 10.6 Å². The van der Waals surface area contributed by atoms with Crippen molar-refractivity contribution >= 4 is 40.9 Å². The van der Waals surface area contributed by atoms with Crippen molar-refractivity contribution in [3.63, 3.8) is 0 Å². The van der Waals surface area contributed by atoms with Crippen molar-refractivity contribution in [1.29, 1.82) is 0 Å². The molecule has 0 aromatic heterocycles. The molecule has 0 saturated heterocycles. The van der Waals surface area contributed by atoms with Gasteiger partial charge in [0.05, 0.1) is 17.9 Å². The van der Waals surface area contributed by atoms with Gasteiger partial charge in [0.25, 0.3) is 11.8 Å². The predicted molar refractivity (Wildman–Crippen MR) is 143 cm³/mol. The number of esters is 1. The van der Waals surface area contributed by atoms with Crippen LogP contribution in [0.3, 0.4) is 0 Å². The molecule has 0 fully saturated rings. The molecule has 0 unspecified atom stereocenters. The van der Waals surface area contributed by atoms with Crippen LogP contribution >= 0.6 is 11.8 Å². The van der Waals surface area contributed by atoms with Crippen molar-refractivity contribution in [2.75, 3.05) is 16.8 Å². The molecule has 0 bridgehead atoms. The lowest BCUT2D eigenvalue weighted by Crippen LogP contribution is -2.32. The van der Waals surface area contributed by atoms with Gasteiger partial charge in [0.2, 0.25) is 0 Å². The van der Waals surface area contributed by atoms with Gasteiger partial charge in [-0.25, -0.2) is 9.69 Å². The summed E-state index contributed by atoms with van der Waals surface area (Å²) in [5.41, 5.74) is 3.75. The fourth-order valence-corrected chi connectivity index (χ4v) is 4.65. The molecule has 1 aliphatic heterocycles. The molecule has 2 amide bonds. The number of hydrogen-bond donors (Lipinski definition) is 1. The van der Waals surface area contributed by atoms with Gasteiger partial charge in [-0.3, -0.25) is 9.59 Å². The molecule has 0 aliphatic carbocycles. The molecule has 7 heteroatoms. The van der Waals surface area contributed by atoms with Crippen molar-refractivity contribution in [2.24, 2.45) is 0 Å². The zero-order valence-corrected chi connectivity index (χ0v) is 21.4. The molecule has 0 atom stereocenters.